The van der Waals surface area contributed by atoms with E-state index in [4.69, 9.17) is 0 Å². The molecule has 1 aliphatic rings. The lowest BCUT2D eigenvalue weighted by Crippen LogP contribution is -2.32. The van der Waals surface area contributed by atoms with Crippen LogP contribution in [0.25, 0.3) is 0 Å². The molecule has 0 spiro atoms. The summed E-state index contributed by atoms with van der Waals surface area (Å²) in [5, 5.41) is 3.24. The van der Waals surface area contributed by atoms with Gasteiger partial charge in [-0.05, 0) is 49.4 Å². The van der Waals surface area contributed by atoms with Crippen LogP contribution in [0.15, 0.2) is 23.1 Å². The van der Waals surface area contributed by atoms with E-state index >= 15 is 0 Å². The Kier molecular flexibility index (Phi) is 5.18. The van der Waals surface area contributed by atoms with E-state index in [1.165, 1.54) is 6.42 Å². The molecule has 2 rings (SSSR count). The fourth-order valence-corrected chi connectivity index (χ4v) is 3.81. The van der Waals surface area contributed by atoms with Crippen LogP contribution in [0.5, 0.6) is 0 Å². The summed E-state index contributed by atoms with van der Waals surface area (Å²) < 4.78 is 27.5. The Morgan fingerprint density at radius 1 is 1.30 bits per heavy atom. The zero-order chi connectivity index (χ0) is 14.6. The highest BCUT2D eigenvalue weighted by atomic mass is 32.2. The Hall–Kier alpha value is -0.910. The molecule has 0 atom stereocenters. The minimum absolute atomic E-state index is 0.409. The molecule has 0 aliphatic heterocycles. The topological polar surface area (TPSA) is 58.2 Å². The Morgan fingerprint density at radius 2 is 2.05 bits per heavy atom. The molecule has 0 bridgehead atoms. The molecule has 1 saturated carbocycles. The molecule has 0 amide bonds. The second kappa shape index (κ2) is 6.70. The van der Waals surface area contributed by atoms with Crippen LogP contribution < -0.4 is 10.0 Å². The van der Waals surface area contributed by atoms with Crippen molar-refractivity contribution in [2.75, 3.05) is 13.1 Å². The van der Waals surface area contributed by atoms with Crippen molar-refractivity contribution in [1.82, 2.24) is 10.0 Å². The first-order chi connectivity index (χ1) is 9.54. The summed E-state index contributed by atoms with van der Waals surface area (Å²) in [5.74, 6) is 0.523. The second-order valence-corrected chi connectivity index (χ2v) is 7.20. The molecule has 0 unspecified atom stereocenters. The average Bonchev–Trinajstić information content (AvgIpc) is 2.35. The van der Waals surface area contributed by atoms with Crippen LogP contribution in [0.1, 0.15) is 37.3 Å². The zero-order valence-corrected chi connectivity index (χ0v) is 13.1. The van der Waals surface area contributed by atoms with Crippen molar-refractivity contribution in [1.29, 1.82) is 0 Å². The van der Waals surface area contributed by atoms with Crippen molar-refractivity contribution in [2.24, 2.45) is 5.92 Å². The summed E-state index contributed by atoms with van der Waals surface area (Å²) in [6.07, 6.45) is 3.51. The number of nitrogens with one attached hydrogen (secondary N) is 2. The van der Waals surface area contributed by atoms with E-state index in [2.05, 4.69) is 10.0 Å². The van der Waals surface area contributed by atoms with Gasteiger partial charge in [-0.3, -0.25) is 0 Å². The van der Waals surface area contributed by atoms with Crippen molar-refractivity contribution in [3.63, 3.8) is 0 Å². The van der Waals surface area contributed by atoms with E-state index in [-0.39, 0.29) is 0 Å². The van der Waals surface area contributed by atoms with Crippen molar-refractivity contribution in [2.45, 2.75) is 44.6 Å². The number of hydrogen-bond donors (Lipinski definition) is 2. The van der Waals surface area contributed by atoms with Gasteiger partial charge < -0.3 is 5.32 Å². The molecule has 0 saturated heterocycles. The third-order valence-corrected chi connectivity index (χ3v) is 5.61. The summed E-state index contributed by atoms with van der Waals surface area (Å²) in [4.78, 5) is 0.409. The van der Waals surface area contributed by atoms with E-state index in [0.717, 1.165) is 30.5 Å². The summed E-state index contributed by atoms with van der Waals surface area (Å²) >= 11 is 0. The molecule has 0 heterocycles. The van der Waals surface area contributed by atoms with Crippen LogP contribution in [0.3, 0.4) is 0 Å². The molecule has 4 nitrogen and oxygen atoms in total. The number of hydrogen-bond acceptors (Lipinski definition) is 3. The van der Waals surface area contributed by atoms with E-state index in [0.29, 0.717) is 23.9 Å². The Balaban J connectivity index is 2.13. The molecule has 20 heavy (non-hydrogen) atoms. The highest BCUT2D eigenvalue weighted by Crippen LogP contribution is 2.26. The maximum absolute atomic E-state index is 12.4. The van der Waals surface area contributed by atoms with Gasteiger partial charge in [-0.25, -0.2) is 13.1 Å². The minimum Gasteiger partial charge on any atom is -0.313 e. The van der Waals surface area contributed by atoms with Crippen molar-refractivity contribution < 1.29 is 8.42 Å². The first-order valence-corrected chi connectivity index (χ1v) is 8.81. The standard InChI is InChI=1S/C15H24N2O2S/c1-3-16-11-14-8-5-9-15(12(14)2)20(18,19)17-10-13-6-4-7-13/h5,8-9,13,16-17H,3-4,6-7,10-11H2,1-2H3. The van der Waals surface area contributed by atoms with E-state index in [1.807, 2.05) is 26.0 Å². The molecular formula is C15H24N2O2S. The maximum atomic E-state index is 12.4. The summed E-state index contributed by atoms with van der Waals surface area (Å²) in [7, 11) is -3.39. The normalized spacial score (nSPS) is 16.1. The molecular weight excluding hydrogens is 272 g/mol. The first-order valence-electron chi connectivity index (χ1n) is 7.33. The minimum atomic E-state index is -3.39. The second-order valence-electron chi connectivity index (χ2n) is 5.47. The lowest BCUT2D eigenvalue weighted by Gasteiger charge is -2.25. The van der Waals surface area contributed by atoms with Crippen LogP contribution in [0, 0.1) is 12.8 Å². The Labute approximate surface area is 122 Å². The van der Waals surface area contributed by atoms with E-state index in [9.17, 15) is 8.42 Å². The van der Waals surface area contributed by atoms with Gasteiger partial charge in [-0.15, -0.1) is 0 Å². The van der Waals surface area contributed by atoms with E-state index < -0.39 is 10.0 Å². The summed E-state index contributed by atoms with van der Waals surface area (Å²) in [5.41, 5.74) is 1.88. The lowest BCUT2D eigenvalue weighted by molar-refractivity contribution is 0.316. The number of sulfonamides is 1. The monoisotopic (exact) mass is 296 g/mol. The number of benzene rings is 1. The van der Waals surface area contributed by atoms with Gasteiger partial charge in [0.1, 0.15) is 0 Å². The molecule has 1 fully saturated rings. The van der Waals surface area contributed by atoms with Crippen LogP contribution in [-0.2, 0) is 16.6 Å². The summed E-state index contributed by atoms with van der Waals surface area (Å²) in [6, 6.07) is 5.48. The molecule has 5 heteroatoms. The highest BCUT2D eigenvalue weighted by molar-refractivity contribution is 7.89. The largest absolute Gasteiger partial charge is 0.313 e. The predicted octanol–water partition coefficient (Wildman–Crippen LogP) is 2.18. The van der Waals surface area contributed by atoms with Crippen LogP contribution >= 0.6 is 0 Å². The molecule has 2 N–H and O–H groups in total. The smallest absolute Gasteiger partial charge is 0.240 e. The van der Waals surface area contributed by atoms with Gasteiger partial charge in [0.2, 0.25) is 10.0 Å². The molecule has 1 aromatic rings. The first kappa shape index (κ1) is 15.5. The SMILES string of the molecule is CCNCc1cccc(S(=O)(=O)NCC2CCC2)c1C. The summed E-state index contributed by atoms with van der Waals surface area (Å²) in [6.45, 7) is 6.06. The molecule has 112 valence electrons. The molecule has 1 aromatic carbocycles. The van der Waals surface area contributed by atoms with E-state index in [1.54, 1.807) is 6.07 Å². The third kappa shape index (κ3) is 3.59. The van der Waals surface area contributed by atoms with Crippen molar-refractivity contribution in [3.8, 4) is 0 Å². The Bertz CT molecular complexity index is 551. The molecule has 0 radical (unpaired) electrons. The fourth-order valence-electron chi connectivity index (χ4n) is 2.40. The van der Waals surface area contributed by atoms with Gasteiger partial charge in [0.25, 0.3) is 0 Å². The van der Waals surface area contributed by atoms with Crippen LogP contribution in [0.4, 0.5) is 0 Å². The van der Waals surface area contributed by atoms with Crippen molar-refractivity contribution >= 4 is 10.0 Å². The van der Waals surface area contributed by atoms with Gasteiger partial charge >= 0.3 is 0 Å². The predicted molar refractivity (Wildman–Crippen MR) is 81.1 cm³/mol. The van der Waals surface area contributed by atoms with Gasteiger partial charge in [-0.1, -0.05) is 25.5 Å². The Morgan fingerprint density at radius 3 is 2.65 bits per heavy atom. The quantitative estimate of drug-likeness (QED) is 0.811. The van der Waals surface area contributed by atoms with Crippen LogP contribution in [0.2, 0.25) is 0 Å². The zero-order valence-electron chi connectivity index (χ0n) is 12.3. The molecule has 1 aliphatic carbocycles. The van der Waals surface area contributed by atoms with Crippen molar-refractivity contribution in [3.05, 3.63) is 29.3 Å². The average molecular weight is 296 g/mol. The van der Waals surface area contributed by atoms with Gasteiger partial charge in [0.05, 0.1) is 4.90 Å². The van der Waals surface area contributed by atoms with Gasteiger partial charge in [0, 0.05) is 13.1 Å². The van der Waals surface area contributed by atoms with Crippen LogP contribution in [-0.4, -0.2) is 21.5 Å². The third-order valence-electron chi connectivity index (χ3n) is 4.04. The highest BCUT2D eigenvalue weighted by Gasteiger charge is 2.22. The number of rotatable bonds is 7. The fraction of sp³-hybridized carbons (Fsp3) is 0.600. The van der Waals surface area contributed by atoms with Gasteiger partial charge in [-0.2, -0.15) is 0 Å². The lowest BCUT2D eigenvalue weighted by atomic mass is 9.86. The maximum Gasteiger partial charge on any atom is 0.240 e. The molecule has 0 aromatic heterocycles. The van der Waals surface area contributed by atoms with Gasteiger partial charge in [0.15, 0.2) is 0 Å².